The van der Waals surface area contributed by atoms with Gasteiger partial charge in [-0.2, -0.15) is 0 Å². The predicted octanol–water partition coefficient (Wildman–Crippen LogP) is 1.65. The van der Waals surface area contributed by atoms with E-state index in [2.05, 4.69) is 32.4 Å². The van der Waals surface area contributed by atoms with Crippen LogP contribution in [0.3, 0.4) is 0 Å². The third kappa shape index (κ3) is 3.86. The van der Waals surface area contributed by atoms with Crippen molar-refractivity contribution in [3.8, 4) is 0 Å². The van der Waals surface area contributed by atoms with Gasteiger partial charge in [-0.25, -0.2) is 0 Å². The van der Waals surface area contributed by atoms with E-state index >= 15 is 0 Å². The number of nitrogens with one attached hydrogen (secondary N) is 2. The number of rotatable bonds is 5. The molecule has 2 aliphatic rings. The van der Waals surface area contributed by atoms with Crippen molar-refractivity contribution in [2.24, 2.45) is 10.4 Å². The Hall–Kier alpha value is -2.11. The molecule has 2 N–H and O–H groups in total. The van der Waals surface area contributed by atoms with Crippen molar-refractivity contribution in [2.45, 2.75) is 32.6 Å². The second-order valence-corrected chi connectivity index (χ2v) is 6.76. The Morgan fingerprint density at radius 2 is 2.25 bits per heavy atom. The van der Waals surface area contributed by atoms with Crippen LogP contribution in [0.15, 0.2) is 29.5 Å². The van der Waals surface area contributed by atoms with Crippen LogP contribution in [-0.2, 0) is 0 Å². The highest BCUT2D eigenvalue weighted by molar-refractivity contribution is 5.93. The molecule has 1 saturated heterocycles. The zero-order chi connectivity index (χ0) is 16.8. The molecule has 6 nitrogen and oxygen atoms in total. The van der Waals surface area contributed by atoms with Crippen LogP contribution in [0.5, 0.6) is 0 Å². The average molecular weight is 329 g/mol. The Bertz CT molecular complexity index is 582. The summed E-state index contributed by atoms with van der Waals surface area (Å²) in [7, 11) is 0. The van der Waals surface area contributed by atoms with Gasteiger partial charge in [-0.1, -0.05) is 6.42 Å². The minimum absolute atomic E-state index is 0.0992. The van der Waals surface area contributed by atoms with Gasteiger partial charge in [0.05, 0.1) is 12.1 Å². The van der Waals surface area contributed by atoms with Gasteiger partial charge in [0.15, 0.2) is 5.96 Å². The number of aliphatic imine (C=N–C) groups is 1. The predicted molar refractivity (Wildman–Crippen MR) is 95.0 cm³/mol. The maximum Gasteiger partial charge on any atom is 0.252 e. The second-order valence-electron chi connectivity index (χ2n) is 6.76. The molecule has 1 aromatic heterocycles. The standard InChI is InChI=1S/C18H27N5O/c1-2-20-17(23-12-8-18(14-23)6-4-7-18)22-11-10-21-16(24)15-5-3-9-19-13-15/h3,5,9,13H,2,4,6-8,10-12,14H2,1H3,(H,20,22)(H,21,24). The van der Waals surface area contributed by atoms with Crippen LogP contribution in [0, 0.1) is 5.41 Å². The van der Waals surface area contributed by atoms with Crippen molar-refractivity contribution in [3.63, 3.8) is 0 Å². The molecule has 0 atom stereocenters. The lowest BCUT2D eigenvalue weighted by atomic mass is 9.68. The SMILES string of the molecule is CCNC(=NCCNC(=O)c1cccnc1)N1CCC2(CCC2)C1. The number of pyridine rings is 1. The first-order chi connectivity index (χ1) is 11.7. The van der Waals surface area contributed by atoms with E-state index in [9.17, 15) is 4.79 Å². The second kappa shape index (κ2) is 7.64. The maximum atomic E-state index is 12.0. The molecule has 6 heteroatoms. The highest BCUT2D eigenvalue weighted by atomic mass is 16.1. The Morgan fingerprint density at radius 3 is 2.88 bits per heavy atom. The molecule has 1 spiro atoms. The van der Waals surface area contributed by atoms with Crippen LogP contribution in [0.2, 0.25) is 0 Å². The van der Waals surface area contributed by atoms with E-state index in [1.165, 1.54) is 25.7 Å². The number of amides is 1. The smallest absolute Gasteiger partial charge is 0.252 e. The Labute approximate surface area is 143 Å². The fraction of sp³-hybridized carbons (Fsp3) is 0.611. The molecule has 2 fully saturated rings. The summed E-state index contributed by atoms with van der Waals surface area (Å²) < 4.78 is 0. The van der Waals surface area contributed by atoms with Crippen molar-refractivity contribution in [1.82, 2.24) is 20.5 Å². The molecule has 1 aromatic rings. The molecule has 0 unspecified atom stereocenters. The molecule has 0 bridgehead atoms. The fourth-order valence-corrected chi connectivity index (χ4v) is 3.56. The number of aromatic nitrogens is 1. The zero-order valence-electron chi connectivity index (χ0n) is 14.4. The molecule has 130 valence electrons. The van der Waals surface area contributed by atoms with Gasteiger partial charge in [0.25, 0.3) is 5.91 Å². The van der Waals surface area contributed by atoms with Crippen LogP contribution in [-0.4, -0.2) is 54.5 Å². The summed E-state index contributed by atoms with van der Waals surface area (Å²) in [5.41, 5.74) is 1.14. The minimum atomic E-state index is -0.0992. The Morgan fingerprint density at radius 1 is 1.38 bits per heavy atom. The minimum Gasteiger partial charge on any atom is -0.357 e. The quantitative estimate of drug-likeness (QED) is 0.490. The van der Waals surface area contributed by atoms with E-state index < -0.39 is 0 Å². The van der Waals surface area contributed by atoms with Gasteiger partial charge in [-0.3, -0.25) is 14.8 Å². The van der Waals surface area contributed by atoms with Gasteiger partial charge >= 0.3 is 0 Å². The molecule has 0 radical (unpaired) electrons. The first-order valence-electron chi connectivity index (χ1n) is 8.94. The zero-order valence-corrected chi connectivity index (χ0v) is 14.4. The molecule has 3 rings (SSSR count). The molecule has 0 aromatic carbocycles. The molecule has 1 saturated carbocycles. The topological polar surface area (TPSA) is 69.6 Å². The van der Waals surface area contributed by atoms with E-state index in [0.29, 0.717) is 24.1 Å². The Balaban J connectivity index is 1.48. The third-order valence-electron chi connectivity index (χ3n) is 5.07. The molecular formula is C18H27N5O. The van der Waals surface area contributed by atoms with Crippen molar-refractivity contribution < 1.29 is 4.79 Å². The lowest BCUT2D eigenvalue weighted by Crippen LogP contribution is -2.43. The van der Waals surface area contributed by atoms with Gasteiger partial charge in [0.1, 0.15) is 0 Å². The number of hydrogen-bond acceptors (Lipinski definition) is 3. The molecule has 1 amide bonds. The van der Waals surface area contributed by atoms with Crippen LogP contribution in [0.1, 0.15) is 43.0 Å². The van der Waals surface area contributed by atoms with Gasteiger partial charge < -0.3 is 15.5 Å². The Kier molecular flexibility index (Phi) is 5.33. The van der Waals surface area contributed by atoms with E-state index in [0.717, 1.165) is 25.6 Å². The van der Waals surface area contributed by atoms with Crippen molar-refractivity contribution in [2.75, 3.05) is 32.7 Å². The highest BCUT2D eigenvalue weighted by Gasteiger charge is 2.43. The van der Waals surface area contributed by atoms with Crippen LogP contribution < -0.4 is 10.6 Å². The van der Waals surface area contributed by atoms with E-state index in [-0.39, 0.29) is 5.91 Å². The summed E-state index contributed by atoms with van der Waals surface area (Å²) in [6.45, 7) is 6.29. The van der Waals surface area contributed by atoms with Gasteiger partial charge in [-0.05, 0) is 43.7 Å². The van der Waals surface area contributed by atoms with E-state index in [1.54, 1.807) is 24.5 Å². The largest absolute Gasteiger partial charge is 0.357 e. The molecule has 1 aliphatic heterocycles. The summed E-state index contributed by atoms with van der Waals surface area (Å²) in [6, 6.07) is 3.53. The number of likely N-dealkylation sites (tertiary alicyclic amines) is 1. The molecular weight excluding hydrogens is 302 g/mol. The fourth-order valence-electron chi connectivity index (χ4n) is 3.56. The first kappa shape index (κ1) is 16.7. The third-order valence-corrected chi connectivity index (χ3v) is 5.07. The van der Waals surface area contributed by atoms with Crippen molar-refractivity contribution in [3.05, 3.63) is 30.1 Å². The van der Waals surface area contributed by atoms with Crippen molar-refractivity contribution >= 4 is 11.9 Å². The average Bonchev–Trinajstić information content (AvgIpc) is 3.04. The summed E-state index contributed by atoms with van der Waals surface area (Å²) in [6.07, 6.45) is 8.63. The monoisotopic (exact) mass is 329 g/mol. The van der Waals surface area contributed by atoms with Gasteiger partial charge in [-0.15, -0.1) is 0 Å². The van der Waals surface area contributed by atoms with Gasteiger partial charge in [0, 0.05) is 38.6 Å². The molecule has 24 heavy (non-hydrogen) atoms. The number of carbonyl (C=O) groups excluding carboxylic acids is 1. The molecule has 2 heterocycles. The van der Waals surface area contributed by atoms with Crippen LogP contribution >= 0.6 is 0 Å². The normalized spacial score (nSPS) is 19.2. The number of hydrogen-bond donors (Lipinski definition) is 2. The number of nitrogens with zero attached hydrogens (tertiary/aromatic N) is 3. The summed E-state index contributed by atoms with van der Waals surface area (Å²) in [4.78, 5) is 23.0. The van der Waals surface area contributed by atoms with Crippen molar-refractivity contribution in [1.29, 1.82) is 0 Å². The maximum absolute atomic E-state index is 12.0. The van der Waals surface area contributed by atoms with Crippen LogP contribution in [0.4, 0.5) is 0 Å². The number of guanidine groups is 1. The highest BCUT2D eigenvalue weighted by Crippen LogP contribution is 2.47. The summed E-state index contributed by atoms with van der Waals surface area (Å²) >= 11 is 0. The van der Waals surface area contributed by atoms with E-state index in [1.807, 2.05) is 0 Å². The lowest BCUT2D eigenvalue weighted by Gasteiger charge is -2.38. The summed E-state index contributed by atoms with van der Waals surface area (Å²) in [5, 5.41) is 6.28. The van der Waals surface area contributed by atoms with Crippen LogP contribution in [0.25, 0.3) is 0 Å². The first-order valence-corrected chi connectivity index (χ1v) is 8.94. The number of carbonyl (C=O) groups is 1. The summed E-state index contributed by atoms with van der Waals surface area (Å²) in [5.74, 6) is 0.884. The van der Waals surface area contributed by atoms with Gasteiger partial charge in [0.2, 0.25) is 0 Å². The lowest BCUT2D eigenvalue weighted by molar-refractivity contribution is 0.0954. The van der Waals surface area contributed by atoms with E-state index in [4.69, 9.17) is 0 Å². The molecule has 1 aliphatic carbocycles.